The third-order valence-corrected chi connectivity index (χ3v) is 2.68. The molecule has 0 aliphatic heterocycles. The van der Waals surface area contributed by atoms with E-state index in [0.717, 1.165) is 0 Å². The van der Waals surface area contributed by atoms with Crippen LogP contribution in [0.5, 0.6) is 0 Å². The molecule has 0 radical (unpaired) electrons. The fourth-order valence-electron chi connectivity index (χ4n) is 1.79. The largest absolute Gasteiger partial charge is 0.335 e. The van der Waals surface area contributed by atoms with Crippen molar-refractivity contribution in [1.29, 1.82) is 0 Å². The topological polar surface area (TPSA) is 107 Å². The first kappa shape index (κ1) is 10.7. The number of hydrogen-bond donors (Lipinski definition) is 1. The number of halogens is 1. The SMILES string of the molecule is Fc1ccccc1Nc1nc2nonc2n2nnnc12. The molecule has 0 atom stereocenters. The van der Waals surface area contributed by atoms with Gasteiger partial charge in [-0.2, -0.15) is 4.52 Å². The highest BCUT2D eigenvalue weighted by atomic mass is 19.1. The molecule has 4 rings (SSSR count). The Morgan fingerprint density at radius 3 is 2.95 bits per heavy atom. The molecule has 0 aliphatic rings. The first-order chi connectivity index (χ1) is 9.83. The van der Waals surface area contributed by atoms with Gasteiger partial charge in [0, 0.05) is 0 Å². The second kappa shape index (κ2) is 3.91. The maximum Gasteiger partial charge on any atom is 0.248 e. The summed E-state index contributed by atoms with van der Waals surface area (Å²) in [6.07, 6.45) is 0. The van der Waals surface area contributed by atoms with Crippen molar-refractivity contribution in [3.8, 4) is 0 Å². The van der Waals surface area contributed by atoms with Crippen LogP contribution in [0.1, 0.15) is 0 Å². The van der Waals surface area contributed by atoms with Crippen molar-refractivity contribution >= 4 is 28.4 Å². The zero-order valence-corrected chi connectivity index (χ0v) is 9.73. The standard InChI is InChI=1S/C10H5FN8O/c11-5-3-1-2-4-6(5)12-7-9-14-17-18-19(9)10-8(13-7)15-20-16-10/h1-4H,(H,12,13,15). The van der Waals surface area contributed by atoms with E-state index in [4.69, 9.17) is 0 Å². The fourth-order valence-corrected chi connectivity index (χ4v) is 1.79. The number of aromatic nitrogens is 7. The molecule has 1 aromatic carbocycles. The molecular formula is C10H5FN8O. The van der Waals surface area contributed by atoms with Gasteiger partial charge in [-0.15, -0.1) is 5.10 Å². The second-order valence-electron chi connectivity index (χ2n) is 3.89. The van der Waals surface area contributed by atoms with E-state index in [-0.39, 0.29) is 28.4 Å². The Balaban J connectivity index is 1.93. The molecule has 98 valence electrons. The summed E-state index contributed by atoms with van der Waals surface area (Å²) in [5, 5.41) is 21.2. The predicted molar refractivity (Wildman–Crippen MR) is 63.6 cm³/mol. The minimum atomic E-state index is -0.418. The number of benzene rings is 1. The Morgan fingerprint density at radius 1 is 1.15 bits per heavy atom. The zero-order valence-electron chi connectivity index (χ0n) is 9.73. The maximum absolute atomic E-state index is 13.7. The zero-order chi connectivity index (χ0) is 13.5. The Morgan fingerprint density at radius 2 is 2.05 bits per heavy atom. The molecular weight excluding hydrogens is 267 g/mol. The summed E-state index contributed by atoms with van der Waals surface area (Å²) in [6, 6.07) is 6.19. The molecule has 10 heteroatoms. The van der Waals surface area contributed by atoms with Gasteiger partial charge in [-0.25, -0.2) is 14.0 Å². The Bertz CT molecular complexity index is 916. The minimum Gasteiger partial charge on any atom is -0.335 e. The van der Waals surface area contributed by atoms with Crippen LogP contribution in [0, 0.1) is 5.82 Å². The number of anilines is 2. The molecule has 9 nitrogen and oxygen atoms in total. The van der Waals surface area contributed by atoms with Crippen LogP contribution < -0.4 is 5.32 Å². The predicted octanol–water partition coefficient (Wildman–Crippen LogP) is 0.938. The number of hydrogen-bond acceptors (Lipinski definition) is 8. The lowest BCUT2D eigenvalue weighted by atomic mass is 10.3. The summed E-state index contributed by atoms with van der Waals surface area (Å²) < 4.78 is 19.6. The van der Waals surface area contributed by atoms with Gasteiger partial charge in [0.1, 0.15) is 5.82 Å². The molecule has 0 saturated carbocycles. The van der Waals surface area contributed by atoms with Crippen LogP contribution in [0.25, 0.3) is 16.9 Å². The van der Waals surface area contributed by atoms with Gasteiger partial charge >= 0.3 is 0 Å². The van der Waals surface area contributed by atoms with Crippen LogP contribution in [0.4, 0.5) is 15.9 Å². The molecule has 0 amide bonds. The Hall–Kier alpha value is -3.17. The highest BCUT2D eigenvalue weighted by Crippen LogP contribution is 2.22. The van der Waals surface area contributed by atoms with Gasteiger partial charge in [-0.05, 0) is 32.9 Å². The van der Waals surface area contributed by atoms with Gasteiger partial charge in [0.15, 0.2) is 5.82 Å². The lowest BCUT2D eigenvalue weighted by molar-refractivity contribution is 0.313. The first-order valence-corrected chi connectivity index (χ1v) is 5.55. The number of rotatable bonds is 2. The van der Waals surface area contributed by atoms with Crippen molar-refractivity contribution in [2.45, 2.75) is 0 Å². The van der Waals surface area contributed by atoms with Crippen LogP contribution in [-0.4, -0.2) is 35.3 Å². The highest BCUT2D eigenvalue weighted by molar-refractivity contribution is 5.78. The normalized spacial score (nSPS) is 11.2. The van der Waals surface area contributed by atoms with Crippen molar-refractivity contribution in [3.05, 3.63) is 30.1 Å². The summed E-state index contributed by atoms with van der Waals surface area (Å²) in [6.45, 7) is 0. The van der Waals surface area contributed by atoms with Crippen LogP contribution in [0.15, 0.2) is 28.9 Å². The summed E-state index contributed by atoms with van der Waals surface area (Å²) in [7, 11) is 0. The van der Waals surface area contributed by atoms with E-state index in [1.165, 1.54) is 10.6 Å². The number of nitrogens with one attached hydrogen (secondary N) is 1. The summed E-state index contributed by atoms with van der Waals surface area (Å²) in [5.41, 5.74) is 1.03. The monoisotopic (exact) mass is 272 g/mol. The van der Waals surface area contributed by atoms with E-state index < -0.39 is 5.82 Å². The van der Waals surface area contributed by atoms with Gasteiger partial charge in [0.2, 0.25) is 16.9 Å². The van der Waals surface area contributed by atoms with Crippen LogP contribution in [0.2, 0.25) is 0 Å². The molecule has 0 fully saturated rings. The summed E-state index contributed by atoms with van der Waals surface area (Å²) in [5.74, 6) is -0.165. The molecule has 20 heavy (non-hydrogen) atoms. The van der Waals surface area contributed by atoms with Gasteiger partial charge in [0.05, 0.1) is 5.69 Å². The highest BCUT2D eigenvalue weighted by Gasteiger charge is 2.16. The van der Waals surface area contributed by atoms with Gasteiger partial charge in [-0.3, -0.25) is 0 Å². The van der Waals surface area contributed by atoms with Crippen molar-refractivity contribution in [3.63, 3.8) is 0 Å². The minimum absolute atomic E-state index is 0.212. The molecule has 3 aromatic heterocycles. The third-order valence-electron chi connectivity index (χ3n) is 2.68. The van der Waals surface area contributed by atoms with Crippen molar-refractivity contribution in [1.82, 2.24) is 35.3 Å². The van der Waals surface area contributed by atoms with Crippen molar-refractivity contribution in [2.75, 3.05) is 5.32 Å². The molecule has 0 spiro atoms. The van der Waals surface area contributed by atoms with Crippen molar-refractivity contribution in [2.24, 2.45) is 0 Å². The average molecular weight is 272 g/mol. The van der Waals surface area contributed by atoms with Gasteiger partial charge in [0.25, 0.3) is 0 Å². The average Bonchev–Trinajstić information content (AvgIpc) is 3.08. The molecule has 4 aromatic rings. The smallest absolute Gasteiger partial charge is 0.248 e. The van der Waals surface area contributed by atoms with E-state index >= 15 is 0 Å². The van der Waals surface area contributed by atoms with Crippen molar-refractivity contribution < 1.29 is 9.02 Å². The third kappa shape index (κ3) is 1.48. The first-order valence-electron chi connectivity index (χ1n) is 5.55. The van der Waals surface area contributed by atoms with Crippen LogP contribution in [-0.2, 0) is 0 Å². The Labute approximate surface area is 109 Å². The number of tetrazole rings is 1. The molecule has 0 saturated heterocycles. The van der Waals surface area contributed by atoms with E-state index in [2.05, 4.69) is 40.8 Å². The molecule has 3 heterocycles. The van der Waals surface area contributed by atoms with E-state index in [1.54, 1.807) is 18.2 Å². The Kier molecular flexibility index (Phi) is 2.10. The van der Waals surface area contributed by atoms with Gasteiger partial charge in [-0.1, -0.05) is 12.1 Å². The summed E-state index contributed by atoms with van der Waals surface area (Å²) in [4.78, 5) is 4.16. The molecule has 1 N–H and O–H groups in total. The fraction of sp³-hybridized carbons (Fsp3) is 0. The lowest BCUT2D eigenvalue weighted by Crippen LogP contribution is -2.02. The van der Waals surface area contributed by atoms with E-state index in [1.807, 2.05) is 0 Å². The van der Waals surface area contributed by atoms with Gasteiger partial charge < -0.3 is 5.32 Å². The van der Waals surface area contributed by atoms with E-state index in [9.17, 15) is 4.39 Å². The number of fused-ring (bicyclic) bond motifs is 3. The summed E-state index contributed by atoms with van der Waals surface area (Å²) >= 11 is 0. The molecule has 0 bridgehead atoms. The quantitative estimate of drug-likeness (QED) is 0.574. The van der Waals surface area contributed by atoms with Crippen LogP contribution in [0.3, 0.4) is 0 Å². The lowest BCUT2D eigenvalue weighted by Gasteiger charge is -2.06. The van der Waals surface area contributed by atoms with E-state index in [0.29, 0.717) is 0 Å². The number of para-hydroxylation sites is 1. The number of nitrogens with zero attached hydrogens (tertiary/aromatic N) is 7. The molecule has 0 unspecified atom stereocenters. The second-order valence-corrected chi connectivity index (χ2v) is 3.89. The molecule has 0 aliphatic carbocycles. The van der Waals surface area contributed by atoms with Crippen LogP contribution >= 0.6 is 0 Å². The maximum atomic E-state index is 13.7.